The van der Waals surface area contributed by atoms with Gasteiger partial charge in [0.1, 0.15) is 11.6 Å². The minimum absolute atomic E-state index is 0.112. The average Bonchev–Trinajstić information content (AvgIpc) is 2.98. The second-order valence-corrected chi connectivity index (χ2v) is 7.77. The third-order valence-electron chi connectivity index (χ3n) is 4.68. The molecule has 2 amide bonds. The van der Waals surface area contributed by atoms with E-state index in [4.69, 9.17) is 16.3 Å². The van der Waals surface area contributed by atoms with Crippen molar-refractivity contribution in [1.82, 2.24) is 4.90 Å². The van der Waals surface area contributed by atoms with Crippen molar-refractivity contribution in [3.63, 3.8) is 0 Å². The summed E-state index contributed by atoms with van der Waals surface area (Å²) in [6.45, 7) is -0.222. The molecule has 1 heterocycles. The van der Waals surface area contributed by atoms with E-state index < -0.39 is 17.0 Å². The number of thioether (sulfide) groups is 1. The summed E-state index contributed by atoms with van der Waals surface area (Å²) in [4.78, 5) is 26.6. The van der Waals surface area contributed by atoms with Gasteiger partial charge in [-0.3, -0.25) is 14.5 Å². The Morgan fingerprint density at radius 3 is 2.66 bits per heavy atom. The molecular weight excluding hydrogens is 413 g/mol. The Kier molecular flexibility index (Phi) is 5.30. The first-order valence-corrected chi connectivity index (χ1v) is 9.93. The molecule has 1 aliphatic rings. The number of methoxy groups -OCH3 is 1. The predicted octanol–water partition coefficient (Wildman–Crippen LogP) is 5.88. The third kappa shape index (κ3) is 3.61. The number of hydrogen-bond donors (Lipinski definition) is 0. The molecule has 1 saturated heterocycles. The van der Waals surface area contributed by atoms with Gasteiger partial charge in [-0.1, -0.05) is 48.0 Å². The van der Waals surface area contributed by atoms with Gasteiger partial charge in [0.15, 0.2) is 0 Å². The Morgan fingerprint density at radius 2 is 1.90 bits per heavy atom. The van der Waals surface area contributed by atoms with E-state index in [2.05, 4.69) is 0 Å². The summed E-state index contributed by atoms with van der Waals surface area (Å²) in [5, 5.41) is 1.58. The second-order valence-electron chi connectivity index (χ2n) is 6.37. The van der Waals surface area contributed by atoms with Crippen LogP contribution in [0.3, 0.4) is 0 Å². The molecule has 146 valence electrons. The van der Waals surface area contributed by atoms with Crippen LogP contribution in [0.15, 0.2) is 59.5 Å². The summed E-state index contributed by atoms with van der Waals surface area (Å²) in [6, 6.07) is 15.7. The fourth-order valence-electron chi connectivity index (χ4n) is 3.21. The molecular formula is C22H15ClFNO3S. The lowest BCUT2D eigenvalue weighted by atomic mass is 10.0. The van der Waals surface area contributed by atoms with Crippen molar-refractivity contribution in [1.29, 1.82) is 0 Å². The molecule has 0 radical (unpaired) electrons. The van der Waals surface area contributed by atoms with Gasteiger partial charge >= 0.3 is 0 Å². The summed E-state index contributed by atoms with van der Waals surface area (Å²) in [7, 11) is 1.55. The highest BCUT2D eigenvalue weighted by atomic mass is 35.5. The number of nitrogens with zero attached hydrogens (tertiary/aromatic N) is 1. The SMILES string of the molecule is COc1ccc2ccccc2c1/C=C1/SC(=O)N(Cc2c(F)cccc2Cl)C1=O. The van der Waals surface area contributed by atoms with Gasteiger partial charge in [0.25, 0.3) is 11.1 Å². The van der Waals surface area contributed by atoms with Gasteiger partial charge in [-0.05, 0) is 46.8 Å². The van der Waals surface area contributed by atoms with Crippen LogP contribution in [0.2, 0.25) is 5.02 Å². The van der Waals surface area contributed by atoms with Gasteiger partial charge in [0.05, 0.1) is 18.6 Å². The Morgan fingerprint density at radius 1 is 1.10 bits per heavy atom. The zero-order valence-corrected chi connectivity index (χ0v) is 16.9. The predicted molar refractivity (Wildman–Crippen MR) is 113 cm³/mol. The van der Waals surface area contributed by atoms with E-state index in [9.17, 15) is 14.0 Å². The highest BCUT2D eigenvalue weighted by Gasteiger charge is 2.36. The van der Waals surface area contributed by atoms with E-state index in [0.717, 1.165) is 27.4 Å². The molecule has 3 aromatic carbocycles. The largest absolute Gasteiger partial charge is 0.496 e. The topological polar surface area (TPSA) is 46.6 Å². The number of hydrogen-bond acceptors (Lipinski definition) is 4. The number of benzene rings is 3. The van der Waals surface area contributed by atoms with Gasteiger partial charge in [-0.2, -0.15) is 0 Å². The smallest absolute Gasteiger partial charge is 0.293 e. The van der Waals surface area contributed by atoms with Gasteiger partial charge in [0, 0.05) is 16.1 Å². The van der Waals surface area contributed by atoms with Crippen molar-refractivity contribution >= 4 is 51.4 Å². The zero-order chi connectivity index (χ0) is 20.5. The average molecular weight is 428 g/mol. The highest BCUT2D eigenvalue weighted by Crippen LogP contribution is 2.38. The number of fused-ring (bicyclic) bond motifs is 1. The molecule has 0 saturated carbocycles. The Hall–Kier alpha value is -2.83. The lowest BCUT2D eigenvalue weighted by molar-refractivity contribution is -0.123. The van der Waals surface area contributed by atoms with Crippen LogP contribution in [-0.4, -0.2) is 23.2 Å². The van der Waals surface area contributed by atoms with Crippen LogP contribution in [-0.2, 0) is 11.3 Å². The monoisotopic (exact) mass is 427 g/mol. The van der Waals surface area contributed by atoms with E-state index in [1.165, 1.54) is 18.2 Å². The van der Waals surface area contributed by atoms with Crippen LogP contribution in [0.1, 0.15) is 11.1 Å². The molecule has 4 nitrogen and oxygen atoms in total. The van der Waals surface area contributed by atoms with E-state index in [1.807, 2.05) is 36.4 Å². The number of imide groups is 1. The summed E-state index contributed by atoms with van der Waals surface area (Å²) >= 11 is 6.86. The Bertz CT molecular complexity index is 1160. The molecule has 1 aliphatic heterocycles. The molecule has 0 spiro atoms. The standard InChI is InChI=1S/C22H15ClFNO3S/c1-28-19-10-9-13-5-2-3-6-14(13)15(19)11-20-21(26)25(22(27)29-20)12-16-17(23)7-4-8-18(16)24/h2-11H,12H2,1H3/b20-11+. The first-order chi connectivity index (χ1) is 14.0. The molecule has 0 atom stereocenters. The maximum atomic E-state index is 14.1. The van der Waals surface area contributed by atoms with Gasteiger partial charge in [0.2, 0.25) is 0 Å². The molecule has 4 rings (SSSR count). The van der Waals surface area contributed by atoms with Crippen LogP contribution in [0.25, 0.3) is 16.8 Å². The number of ether oxygens (including phenoxy) is 1. The van der Waals surface area contributed by atoms with Crippen LogP contribution in [0, 0.1) is 5.82 Å². The Labute approximate surface area is 175 Å². The molecule has 29 heavy (non-hydrogen) atoms. The van der Waals surface area contributed by atoms with E-state index in [-0.39, 0.29) is 22.0 Å². The summed E-state index contributed by atoms with van der Waals surface area (Å²) < 4.78 is 19.6. The van der Waals surface area contributed by atoms with Gasteiger partial charge in [-0.25, -0.2) is 4.39 Å². The number of halogens is 2. The van der Waals surface area contributed by atoms with Crippen molar-refractivity contribution < 1.29 is 18.7 Å². The van der Waals surface area contributed by atoms with Crippen molar-refractivity contribution in [2.24, 2.45) is 0 Å². The molecule has 0 aliphatic carbocycles. The number of amides is 2. The van der Waals surface area contributed by atoms with Gasteiger partial charge in [-0.15, -0.1) is 0 Å². The van der Waals surface area contributed by atoms with Crippen molar-refractivity contribution in [2.75, 3.05) is 7.11 Å². The highest BCUT2D eigenvalue weighted by molar-refractivity contribution is 8.18. The van der Waals surface area contributed by atoms with Crippen LogP contribution in [0.4, 0.5) is 9.18 Å². The van der Waals surface area contributed by atoms with Crippen LogP contribution >= 0.6 is 23.4 Å². The Balaban J connectivity index is 1.73. The molecule has 0 bridgehead atoms. The number of carbonyl (C=O) groups is 2. The van der Waals surface area contributed by atoms with Crippen LogP contribution in [0.5, 0.6) is 5.75 Å². The summed E-state index contributed by atoms with van der Waals surface area (Å²) in [5.74, 6) is -0.460. The molecule has 1 fully saturated rings. The first-order valence-electron chi connectivity index (χ1n) is 8.73. The van der Waals surface area contributed by atoms with E-state index in [0.29, 0.717) is 11.3 Å². The second kappa shape index (κ2) is 7.89. The third-order valence-corrected chi connectivity index (χ3v) is 5.94. The number of rotatable bonds is 4. The maximum absolute atomic E-state index is 14.1. The first kappa shape index (κ1) is 19.5. The molecule has 0 N–H and O–H groups in total. The lowest BCUT2D eigenvalue weighted by Crippen LogP contribution is -2.28. The minimum Gasteiger partial charge on any atom is -0.496 e. The molecule has 0 aromatic heterocycles. The van der Waals surface area contributed by atoms with E-state index >= 15 is 0 Å². The quantitative estimate of drug-likeness (QED) is 0.488. The summed E-state index contributed by atoms with van der Waals surface area (Å²) in [6.07, 6.45) is 1.65. The molecule has 0 unspecified atom stereocenters. The van der Waals surface area contributed by atoms with Crippen LogP contribution < -0.4 is 4.74 Å². The minimum atomic E-state index is -0.559. The van der Waals surface area contributed by atoms with E-state index in [1.54, 1.807) is 13.2 Å². The maximum Gasteiger partial charge on any atom is 0.293 e. The van der Waals surface area contributed by atoms with Crippen molar-refractivity contribution in [3.05, 3.63) is 81.5 Å². The fraction of sp³-hybridized carbons (Fsp3) is 0.0909. The summed E-state index contributed by atoms with van der Waals surface area (Å²) in [5.41, 5.74) is 0.820. The molecule has 7 heteroatoms. The fourth-order valence-corrected chi connectivity index (χ4v) is 4.25. The number of carbonyl (C=O) groups excluding carboxylic acids is 2. The van der Waals surface area contributed by atoms with Crippen molar-refractivity contribution in [3.8, 4) is 5.75 Å². The lowest BCUT2D eigenvalue weighted by Gasteiger charge is -2.14. The molecule has 3 aromatic rings. The normalized spacial score (nSPS) is 15.6. The van der Waals surface area contributed by atoms with Gasteiger partial charge < -0.3 is 4.74 Å². The zero-order valence-electron chi connectivity index (χ0n) is 15.3. The van der Waals surface area contributed by atoms with Crippen molar-refractivity contribution in [2.45, 2.75) is 6.54 Å².